The van der Waals surface area contributed by atoms with Crippen molar-refractivity contribution in [2.45, 2.75) is 13.8 Å². The Hall–Kier alpha value is -1.63. The summed E-state index contributed by atoms with van der Waals surface area (Å²) in [6.45, 7) is 3.26. The number of rotatable bonds is 5. The maximum Gasteiger partial charge on any atom is 0.338 e. The molecule has 0 atom stereocenters. The summed E-state index contributed by atoms with van der Waals surface area (Å²) in [5, 5.41) is 8.80. The predicted molar refractivity (Wildman–Crippen MR) is 65.8 cm³/mol. The summed E-state index contributed by atoms with van der Waals surface area (Å²) in [4.78, 5) is 10.8. The molecule has 5 nitrogen and oxygen atoms in total. The molecule has 18 heavy (non-hydrogen) atoms. The summed E-state index contributed by atoms with van der Waals surface area (Å²) in [5.41, 5.74) is -0.393. The Morgan fingerprint density at radius 1 is 1.39 bits per heavy atom. The summed E-state index contributed by atoms with van der Waals surface area (Å²) < 4.78 is 37.8. The Bertz CT molecular complexity index is 556. The first kappa shape index (κ1) is 14.4. The van der Waals surface area contributed by atoms with Crippen LogP contribution in [-0.2, 0) is 10.0 Å². The Morgan fingerprint density at radius 2 is 2.00 bits per heavy atom. The Kier molecular flexibility index (Phi) is 4.28. The van der Waals surface area contributed by atoms with Gasteiger partial charge in [0.25, 0.3) is 0 Å². The lowest BCUT2D eigenvalue weighted by atomic mass is 10.2. The summed E-state index contributed by atoms with van der Waals surface area (Å²) in [6.07, 6.45) is 0. The number of anilines is 1. The highest BCUT2D eigenvalue weighted by atomic mass is 32.2. The van der Waals surface area contributed by atoms with E-state index in [2.05, 4.69) is 0 Å². The molecule has 0 fully saturated rings. The average Bonchev–Trinajstić information content (AvgIpc) is 2.31. The number of carboxylic acid groups (broad SMARTS) is 1. The van der Waals surface area contributed by atoms with Gasteiger partial charge < -0.3 is 5.11 Å². The van der Waals surface area contributed by atoms with Crippen molar-refractivity contribution in [1.82, 2.24) is 0 Å². The monoisotopic (exact) mass is 275 g/mol. The molecule has 0 heterocycles. The largest absolute Gasteiger partial charge is 0.478 e. The average molecular weight is 275 g/mol. The molecular weight excluding hydrogens is 261 g/mol. The molecule has 7 heteroatoms. The van der Waals surface area contributed by atoms with Gasteiger partial charge in [-0.15, -0.1) is 0 Å². The molecule has 0 unspecified atom stereocenters. The van der Waals surface area contributed by atoms with Crippen molar-refractivity contribution in [2.24, 2.45) is 0 Å². The zero-order valence-corrected chi connectivity index (χ0v) is 10.9. The van der Waals surface area contributed by atoms with Crippen molar-refractivity contribution in [3.8, 4) is 0 Å². The van der Waals surface area contributed by atoms with E-state index in [0.717, 1.165) is 16.4 Å². The second kappa shape index (κ2) is 5.34. The fourth-order valence-corrected chi connectivity index (χ4v) is 2.67. The number of nitrogens with zero attached hydrogens (tertiary/aromatic N) is 1. The molecule has 1 aromatic rings. The van der Waals surface area contributed by atoms with E-state index < -0.39 is 27.4 Å². The second-order valence-corrected chi connectivity index (χ2v) is 5.72. The molecule has 100 valence electrons. The molecule has 0 aliphatic rings. The van der Waals surface area contributed by atoms with Gasteiger partial charge in [-0.3, -0.25) is 4.31 Å². The zero-order valence-electron chi connectivity index (χ0n) is 10.1. The Morgan fingerprint density at radius 3 is 2.44 bits per heavy atom. The number of aromatic carboxylic acids is 1. The van der Waals surface area contributed by atoms with Gasteiger partial charge in [-0.2, -0.15) is 0 Å². The molecule has 1 aromatic carbocycles. The zero-order chi connectivity index (χ0) is 13.9. The van der Waals surface area contributed by atoms with Gasteiger partial charge in [-0.25, -0.2) is 17.6 Å². The van der Waals surface area contributed by atoms with E-state index >= 15 is 0 Å². The van der Waals surface area contributed by atoms with Crippen LogP contribution in [0, 0.1) is 5.82 Å². The molecule has 0 aliphatic heterocycles. The number of carbonyl (C=O) groups is 1. The lowest BCUT2D eigenvalue weighted by Gasteiger charge is -2.22. The van der Waals surface area contributed by atoms with Gasteiger partial charge in [-0.05, 0) is 32.0 Å². The van der Waals surface area contributed by atoms with Crippen LogP contribution in [0.1, 0.15) is 24.2 Å². The maximum atomic E-state index is 13.2. The van der Waals surface area contributed by atoms with Crippen molar-refractivity contribution in [3.63, 3.8) is 0 Å². The first-order valence-electron chi connectivity index (χ1n) is 5.36. The lowest BCUT2D eigenvalue weighted by molar-refractivity contribution is 0.0692. The second-order valence-electron chi connectivity index (χ2n) is 3.53. The van der Waals surface area contributed by atoms with Crippen LogP contribution in [0.2, 0.25) is 0 Å². The lowest BCUT2D eigenvalue weighted by Crippen LogP contribution is -2.32. The maximum absolute atomic E-state index is 13.2. The standard InChI is InChI=1S/C11H14FNO4S/c1-3-13(18(16,17)4-2)8-5-6-10(12)9(7-8)11(14)15/h5-7H,3-4H2,1-2H3,(H,14,15). The van der Waals surface area contributed by atoms with Crippen molar-refractivity contribution < 1.29 is 22.7 Å². The predicted octanol–water partition coefficient (Wildman–Crippen LogP) is 1.70. The van der Waals surface area contributed by atoms with E-state index in [9.17, 15) is 17.6 Å². The highest BCUT2D eigenvalue weighted by Crippen LogP contribution is 2.21. The third-order valence-electron chi connectivity index (χ3n) is 2.46. The van der Waals surface area contributed by atoms with E-state index in [1.165, 1.54) is 13.0 Å². The highest BCUT2D eigenvalue weighted by Gasteiger charge is 2.21. The summed E-state index contributed by atoms with van der Waals surface area (Å²) in [7, 11) is -3.50. The van der Waals surface area contributed by atoms with Crippen LogP contribution in [0.4, 0.5) is 10.1 Å². The third kappa shape index (κ3) is 2.79. The van der Waals surface area contributed by atoms with Crippen LogP contribution in [0.3, 0.4) is 0 Å². The Balaban J connectivity index is 3.32. The third-order valence-corrected chi connectivity index (χ3v) is 4.33. The number of hydrogen-bond acceptors (Lipinski definition) is 3. The van der Waals surface area contributed by atoms with Crippen LogP contribution in [-0.4, -0.2) is 31.8 Å². The van der Waals surface area contributed by atoms with E-state index in [-0.39, 0.29) is 18.0 Å². The van der Waals surface area contributed by atoms with Crippen LogP contribution in [0.25, 0.3) is 0 Å². The number of sulfonamides is 1. The molecule has 0 aromatic heterocycles. The highest BCUT2D eigenvalue weighted by molar-refractivity contribution is 7.92. The number of hydrogen-bond donors (Lipinski definition) is 1. The van der Waals surface area contributed by atoms with Gasteiger partial charge in [-0.1, -0.05) is 0 Å². The first-order chi connectivity index (χ1) is 8.33. The van der Waals surface area contributed by atoms with Gasteiger partial charge in [0.15, 0.2) is 0 Å². The van der Waals surface area contributed by atoms with Crippen molar-refractivity contribution >= 4 is 21.7 Å². The van der Waals surface area contributed by atoms with Crippen LogP contribution >= 0.6 is 0 Å². The summed E-state index contributed by atoms with van der Waals surface area (Å²) >= 11 is 0. The first-order valence-corrected chi connectivity index (χ1v) is 6.97. The minimum Gasteiger partial charge on any atom is -0.478 e. The minimum absolute atomic E-state index is 0.110. The topological polar surface area (TPSA) is 74.7 Å². The number of halogens is 1. The molecule has 1 N–H and O–H groups in total. The molecular formula is C11H14FNO4S. The normalized spacial score (nSPS) is 11.3. The SMILES string of the molecule is CCN(c1ccc(F)c(C(=O)O)c1)S(=O)(=O)CC. The van der Waals surface area contributed by atoms with Crippen molar-refractivity contribution in [3.05, 3.63) is 29.6 Å². The fourth-order valence-electron chi connectivity index (χ4n) is 1.53. The van der Waals surface area contributed by atoms with E-state index in [4.69, 9.17) is 5.11 Å². The molecule has 0 spiro atoms. The van der Waals surface area contributed by atoms with Gasteiger partial charge >= 0.3 is 5.97 Å². The molecule has 0 radical (unpaired) electrons. The van der Waals surface area contributed by atoms with Crippen LogP contribution in [0.5, 0.6) is 0 Å². The van der Waals surface area contributed by atoms with Crippen LogP contribution < -0.4 is 4.31 Å². The number of benzene rings is 1. The van der Waals surface area contributed by atoms with Gasteiger partial charge in [0.2, 0.25) is 10.0 Å². The molecule has 0 aliphatic carbocycles. The molecule has 1 rings (SSSR count). The van der Waals surface area contributed by atoms with Gasteiger partial charge in [0.1, 0.15) is 5.82 Å². The molecule has 0 amide bonds. The van der Waals surface area contributed by atoms with Crippen molar-refractivity contribution in [1.29, 1.82) is 0 Å². The quantitative estimate of drug-likeness (QED) is 0.887. The molecule has 0 saturated carbocycles. The van der Waals surface area contributed by atoms with Crippen molar-refractivity contribution in [2.75, 3.05) is 16.6 Å². The van der Waals surface area contributed by atoms with Gasteiger partial charge in [0, 0.05) is 6.54 Å². The van der Waals surface area contributed by atoms with E-state index in [1.54, 1.807) is 6.92 Å². The smallest absolute Gasteiger partial charge is 0.338 e. The summed E-state index contributed by atoms with van der Waals surface area (Å²) in [5.74, 6) is -2.43. The van der Waals surface area contributed by atoms with Crippen LogP contribution in [0.15, 0.2) is 18.2 Å². The summed E-state index contributed by atoms with van der Waals surface area (Å²) in [6, 6.07) is 3.22. The van der Waals surface area contributed by atoms with E-state index in [0.29, 0.717) is 0 Å². The number of carboxylic acids is 1. The minimum atomic E-state index is -3.50. The fraction of sp³-hybridized carbons (Fsp3) is 0.364. The molecule has 0 bridgehead atoms. The Labute approximate surface area is 105 Å². The van der Waals surface area contributed by atoms with E-state index in [1.807, 2.05) is 0 Å². The van der Waals surface area contributed by atoms with Gasteiger partial charge in [0.05, 0.1) is 17.0 Å². The molecule has 0 saturated heterocycles.